The fraction of sp³-hybridized carbons (Fsp3) is 0.385. The first kappa shape index (κ1) is 16.9. The molecule has 0 aromatic carbocycles. The van der Waals surface area contributed by atoms with E-state index in [0.29, 0.717) is 6.54 Å². The molecule has 1 rings (SSSR count). The third-order valence-corrected chi connectivity index (χ3v) is 2.44. The first-order valence-electron chi connectivity index (χ1n) is 6.25. The van der Waals surface area contributed by atoms with E-state index in [1.165, 1.54) is 18.3 Å². The number of carbonyl (C=O) groups excluding carboxylic acids is 3. The van der Waals surface area contributed by atoms with Crippen LogP contribution in [0, 0.1) is 5.92 Å². The van der Waals surface area contributed by atoms with Crippen molar-refractivity contribution in [2.45, 2.75) is 13.8 Å². The third kappa shape index (κ3) is 6.71. The van der Waals surface area contributed by atoms with Gasteiger partial charge in [0.1, 0.15) is 5.15 Å². The molecule has 21 heavy (non-hydrogen) atoms. The summed E-state index contributed by atoms with van der Waals surface area (Å²) < 4.78 is 4.74. The molecular weight excluding hydrogens is 298 g/mol. The number of pyridine rings is 1. The second-order valence-corrected chi connectivity index (χ2v) is 4.99. The summed E-state index contributed by atoms with van der Waals surface area (Å²) in [6, 6.07) is 2.22. The van der Waals surface area contributed by atoms with Crippen LogP contribution in [0.2, 0.25) is 5.15 Å². The molecule has 2 N–H and O–H groups in total. The van der Waals surface area contributed by atoms with E-state index in [0.717, 1.165) is 0 Å². The van der Waals surface area contributed by atoms with E-state index in [1.54, 1.807) is 0 Å². The van der Waals surface area contributed by atoms with Gasteiger partial charge in [-0.05, 0) is 18.1 Å². The number of halogens is 1. The van der Waals surface area contributed by atoms with Crippen molar-refractivity contribution in [2.24, 2.45) is 5.92 Å². The zero-order valence-corrected chi connectivity index (χ0v) is 12.4. The van der Waals surface area contributed by atoms with Crippen LogP contribution in [0.25, 0.3) is 0 Å². The lowest BCUT2D eigenvalue weighted by molar-refractivity contribution is -0.123. The van der Waals surface area contributed by atoms with Crippen molar-refractivity contribution in [3.63, 3.8) is 0 Å². The summed E-state index contributed by atoms with van der Waals surface area (Å²) in [6.07, 6.45) is 1.23. The quantitative estimate of drug-likeness (QED) is 0.632. The summed E-state index contributed by atoms with van der Waals surface area (Å²) in [6.45, 7) is 3.72. The number of rotatable bonds is 5. The summed E-state index contributed by atoms with van der Waals surface area (Å²) in [5, 5.41) is 4.79. The molecule has 8 heteroatoms. The van der Waals surface area contributed by atoms with Crippen LogP contribution in [-0.2, 0) is 9.53 Å². The molecule has 0 radical (unpaired) electrons. The first-order valence-corrected chi connectivity index (χ1v) is 6.62. The number of hydrogen-bond donors (Lipinski definition) is 2. The standard InChI is InChI=1S/C13H16ClN3O4/c1-8(2)5-16-13(20)17-11(18)7-21-12(19)9-3-4-10(14)15-6-9/h3-4,6,8H,5,7H2,1-2H3,(H2,16,17,18,20). The van der Waals surface area contributed by atoms with E-state index in [9.17, 15) is 14.4 Å². The predicted octanol–water partition coefficient (Wildman–Crippen LogP) is 1.37. The molecule has 0 aliphatic carbocycles. The van der Waals surface area contributed by atoms with Crippen LogP contribution in [0.5, 0.6) is 0 Å². The Morgan fingerprint density at radius 1 is 1.33 bits per heavy atom. The van der Waals surface area contributed by atoms with Crippen LogP contribution in [-0.4, -0.2) is 36.0 Å². The van der Waals surface area contributed by atoms with E-state index in [1.807, 2.05) is 19.2 Å². The molecular formula is C13H16ClN3O4. The van der Waals surface area contributed by atoms with Crippen molar-refractivity contribution >= 4 is 29.5 Å². The fourth-order valence-corrected chi connectivity index (χ4v) is 1.33. The number of hydrogen-bond acceptors (Lipinski definition) is 5. The van der Waals surface area contributed by atoms with Gasteiger partial charge in [-0.15, -0.1) is 0 Å². The Morgan fingerprint density at radius 2 is 2.05 bits per heavy atom. The molecule has 0 fully saturated rings. The molecule has 0 unspecified atom stereocenters. The molecule has 1 aromatic heterocycles. The van der Waals surface area contributed by atoms with Crippen LogP contribution in [0.3, 0.4) is 0 Å². The van der Waals surface area contributed by atoms with Crippen molar-refractivity contribution in [1.82, 2.24) is 15.6 Å². The van der Waals surface area contributed by atoms with Gasteiger partial charge in [0.2, 0.25) is 0 Å². The van der Waals surface area contributed by atoms with Gasteiger partial charge in [0, 0.05) is 12.7 Å². The second-order valence-electron chi connectivity index (χ2n) is 4.60. The van der Waals surface area contributed by atoms with Crippen LogP contribution in [0.1, 0.15) is 24.2 Å². The number of aromatic nitrogens is 1. The fourth-order valence-electron chi connectivity index (χ4n) is 1.21. The van der Waals surface area contributed by atoms with Gasteiger partial charge < -0.3 is 10.1 Å². The SMILES string of the molecule is CC(C)CNC(=O)NC(=O)COC(=O)c1ccc(Cl)nc1. The van der Waals surface area contributed by atoms with E-state index in [2.05, 4.69) is 10.3 Å². The van der Waals surface area contributed by atoms with E-state index in [-0.39, 0.29) is 16.6 Å². The minimum absolute atomic E-state index is 0.163. The summed E-state index contributed by atoms with van der Waals surface area (Å²) in [4.78, 5) is 38.0. The summed E-state index contributed by atoms with van der Waals surface area (Å²) in [5.41, 5.74) is 0.163. The normalized spacial score (nSPS) is 10.1. The number of nitrogens with zero attached hydrogens (tertiary/aromatic N) is 1. The summed E-state index contributed by atoms with van der Waals surface area (Å²) >= 11 is 5.58. The predicted molar refractivity (Wildman–Crippen MR) is 75.9 cm³/mol. The smallest absolute Gasteiger partial charge is 0.340 e. The van der Waals surface area contributed by atoms with Gasteiger partial charge in [-0.2, -0.15) is 0 Å². The molecule has 0 aliphatic rings. The average Bonchev–Trinajstić information content (AvgIpc) is 2.43. The maximum absolute atomic E-state index is 11.6. The van der Waals surface area contributed by atoms with Crippen molar-refractivity contribution in [3.8, 4) is 0 Å². The van der Waals surface area contributed by atoms with Gasteiger partial charge >= 0.3 is 12.0 Å². The zero-order chi connectivity index (χ0) is 15.8. The van der Waals surface area contributed by atoms with Crippen molar-refractivity contribution in [1.29, 1.82) is 0 Å². The molecule has 1 heterocycles. The Bertz CT molecular complexity index is 517. The Morgan fingerprint density at radius 3 is 2.62 bits per heavy atom. The molecule has 0 saturated carbocycles. The topological polar surface area (TPSA) is 97.4 Å². The number of urea groups is 1. The third-order valence-electron chi connectivity index (χ3n) is 2.22. The lowest BCUT2D eigenvalue weighted by Crippen LogP contribution is -2.42. The molecule has 114 valence electrons. The number of carbonyl (C=O) groups is 3. The Kier molecular flexibility index (Phi) is 6.61. The van der Waals surface area contributed by atoms with Gasteiger partial charge in [-0.25, -0.2) is 14.6 Å². The van der Waals surface area contributed by atoms with Crippen LogP contribution < -0.4 is 10.6 Å². The Hall–Kier alpha value is -2.15. The largest absolute Gasteiger partial charge is 0.452 e. The molecule has 0 atom stereocenters. The van der Waals surface area contributed by atoms with Crippen molar-refractivity contribution < 1.29 is 19.1 Å². The van der Waals surface area contributed by atoms with E-state index in [4.69, 9.17) is 16.3 Å². The number of amides is 3. The maximum atomic E-state index is 11.6. The van der Waals surface area contributed by atoms with E-state index >= 15 is 0 Å². The van der Waals surface area contributed by atoms with Crippen molar-refractivity contribution in [3.05, 3.63) is 29.0 Å². The number of ether oxygens (including phenoxy) is 1. The lowest BCUT2D eigenvalue weighted by Gasteiger charge is -2.08. The number of imide groups is 1. The number of nitrogens with one attached hydrogen (secondary N) is 2. The minimum atomic E-state index is -0.725. The monoisotopic (exact) mass is 313 g/mol. The van der Waals surface area contributed by atoms with Crippen LogP contribution >= 0.6 is 11.6 Å². The average molecular weight is 314 g/mol. The molecule has 3 amide bonds. The number of esters is 1. The lowest BCUT2D eigenvalue weighted by atomic mass is 10.2. The minimum Gasteiger partial charge on any atom is -0.452 e. The van der Waals surface area contributed by atoms with Gasteiger partial charge in [0.05, 0.1) is 5.56 Å². The van der Waals surface area contributed by atoms with Gasteiger partial charge in [0.25, 0.3) is 5.91 Å². The Labute approximate surface area is 127 Å². The van der Waals surface area contributed by atoms with Gasteiger partial charge in [-0.1, -0.05) is 25.4 Å². The van der Waals surface area contributed by atoms with Crippen LogP contribution in [0.15, 0.2) is 18.3 Å². The molecule has 0 bridgehead atoms. The molecule has 0 spiro atoms. The molecule has 0 aliphatic heterocycles. The van der Waals surface area contributed by atoms with E-state index < -0.39 is 24.5 Å². The maximum Gasteiger partial charge on any atom is 0.340 e. The van der Waals surface area contributed by atoms with Crippen molar-refractivity contribution in [2.75, 3.05) is 13.2 Å². The highest BCUT2D eigenvalue weighted by molar-refractivity contribution is 6.29. The molecule has 0 saturated heterocycles. The molecule has 7 nitrogen and oxygen atoms in total. The van der Waals surface area contributed by atoms with Gasteiger partial charge in [-0.3, -0.25) is 10.1 Å². The zero-order valence-electron chi connectivity index (χ0n) is 11.7. The molecule has 1 aromatic rings. The summed E-state index contributed by atoms with van der Waals surface area (Å²) in [7, 11) is 0. The highest BCUT2D eigenvalue weighted by Crippen LogP contribution is 2.06. The Balaban J connectivity index is 2.34. The van der Waals surface area contributed by atoms with Crippen LogP contribution in [0.4, 0.5) is 4.79 Å². The first-order chi connectivity index (χ1) is 9.88. The summed E-state index contributed by atoms with van der Waals surface area (Å²) in [5.74, 6) is -1.18. The highest BCUT2D eigenvalue weighted by Gasteiger charge is 2.12. The van der Waals surface area contributed by atoms with Gasteiger partial charge in [0.15, 0.2) is 6.61 Å². The highest BCUT2D eigenvalue weighted by atomic mass is 35.5. The second kappa shape index (κ2) is 8.21.